The summed E-state index contributed by atoms with van der Waals surface area (Å²) in [5.41, 5.74) is -0.316. The van der Waals surface area contributed by atoms with Gasteiger partial charge in [0, 0.05) is 12.7 Å². The van der Waals surface area contributed by atoms with Crippen molar-refractivity contribution in [2.24, 2.45) is 0 Å². The van der Waals surface area contributed by atoms with Crippen molar-refractivity contribution in [3.8, 4) is 0 Å². The molecule has 0 unspecified atom stereocenters. The first-order valence-electron chi connectivity index (χ1n) is 7.35. The molecule has 6 nitrogen and oxygen atoms in total. The highest BCUT2D eigenvalue weighted by Crippen LogP contribution is 2.47. The number of halogens is 1. The molecular weight excluding hydrogens is 323 g/mol. The van der Waals surface area contributed by atoms with Gasteiger partial charge in [0.05, 0.1) is 17.1 Å². The summed E-state index contributed by atoms with van der Waals surface area (Å²) < 4.78 is 36.0. The number of amides is 2. The molecule has 1 aromatic carbocycles. The maximum absolute atomic E-state index is 13.4. The van der Waals surface area contributed by atoms with Gasteiger partial charge in [0.15, 0.2) is 0 Å². The predicted octanol–water partition coefficient (Wildman–Crippen LogP) is 1.47. The minimum atomic E-state index is -3.29. The Kier molecular flexibility index (Phi) is 3.66. The lowest BCUT2D eigenvalue weighted by Crippen LogP contribution is -2.65. The van der Waals surface area contributed by atoms with E-state index in [1.165, 1.54) is 17.0 Å². The number of hydrogen-bond donors (Lipinski definition) is 1. The quantitative estimate of drug-likeness (QED) is 0.903. The molecule has 0 atom stereocenters. The first-order chi connectivity index (χ1) is 10.7. The number of nitrogens with zero attached hydrogens (tertiary/aromatic N) is 1. The van der Waals surface area contributed by atoms with Gasteiger partial charge in [0.25, 0.3) is 5.91 Å². The van der Waals surface area contributed by atoms with Crippen LogP contribution in [0.3, 0.4) is 0 Å². The Morgan fingerprint density at radius 2 is 2.09 bits per heavy atom. The van der Waals surface area contributed by atoms with Crippen LogP contribution < -0.4 is 10.2 Å². The van der Waals surface area contributed by atoms with E-state index in [2.05, 4.69) is 5.32 Å². The standard InChI is InChI=1S/C15H17FN2O4S/c1-23(21,22)8-5-13(19)18-12-4-3-10(16)9-11(12)17-14(20)15(18)6-2-7-15/h3-4,9H,2,5-8H2,1H3,(H,17,20). The largest absolute Gasteiger partial charge is 0.322 e. The molecule has 1 spiro atoms. The average Bonchev–Trinajstić information content (AvgIpc) is 2.40. The van der Waals surface area contributed by atoms with E-state index in [1.807, 2.05) is 0 Å². The highest BCUT2D eigenvalue weighted by Gasteiger charge is 2.54. The lowest BCUT2D eigenvalue weighted by molar-refractivity contribution is -0.130. The van der Waals surface area contributed by atoms with Crippen LogP contribution in [0.15, 0.2) is 18.2 Å². The molecule has 2 aliphatic rings. The molecule has 1 aliphatic heterocycles. The van der Waals surface area contributed by atoms with Crippen molar-refractivity contribution in [2.75, 3.05) is 22.2 Å². The smallest absolute Gasteiger partial charge is 0.250 e. The van der Waals surface area contributed by atoms with Crippen LogP contribution in [0.1, 0.15) is 25.7 Å². The van der Waals surface area contributed by atoms with E-state index in [0.717, 1.165) is 18.7 Å². The lowest BCUT2D eigenvalue weighted by atomic mass is 9.72. The van der Waals surface area contributed by atoms with Crippen LogP contribution in [-0.2, 0) is 19.4 Å². The van der Waals surface area contributed by atoms with Gasteiger partial charge in [-0.05, 0) is 37.5 Å². The monoisotopic (exact) mass is 340 g/mol. The maximum atomic E-state index is 13.4. The van der Waals surface area contributed by atoms with E-state index in [9.17, 15) is 22.4 Å². The highest BCUT2D eigenvalue weighted by molar-refractivity contribution is 7.90. The fourth-order valence-electron chi connectivity index (χ4n) is 3.09. The average molecular weight is 340 g/mol. The van der Waals surface area contributed by atoms with Crippen LogP contribution in [0.25, 0.3) is 0 Å². The summed E-state index contributed by atoms with van der Waals surface area (Å²) in [6, 6.07) is 3.83. The molecule has 0 aromatic heterocycles. The number of anilines is 2. The van der Waals surface area contributed by atoms with Crippen molar-refractivity contribution in [3.05, 3.63) is 24.0 Å². The summed E-state index contributed by atoms with van der Waals surface area (Å²) in [6.07, 6.45) is 2.69. The van der Waals surface area contributed by atoms with Gasteiger partial charge < -0.3 is 5.32 Å². The van der Waals surface area contributed by atoms with E-state index in [1.54, 1.807) is 0 Å². The molecule has 1 saturated carbocycles. The molecule has 124 valence electrons. The minimum Gasteiger partial charge on any atom is -0.322 e. The van der Waals surface area contributed by atoms with Crippen molar-refractivity contribution in [2.45, 2.75) is 31.2 Å². The van der Waals surface area contributed by atoms with Crippen molar-refractivity contribution >= 4 is 33.0 Å². The molecule has 23 heavy (non-hydrogen) atoms. The molecule has 8 heteroatoms. The first kappa shape index (κ1) is 15.9. The summed E-state index contributed by atoms with van der Waals surface area (Å²) in [5.74, 6) is -1.57. The van der Waals surface area contributed by atoms with Crippen LogP contribution >= 0.6 is 0 Å². The third-order valence-electron chi connectivity index (χ3n) is 4.42. The van der Waals surface area contributed by atoms with E-state index < -0.39 is 27.1 Å². The van der Waals surface area contributed by atoms with Gasteiger partial charge in [-0.3, -0.25) is 14.5 Å². The highest BCUT2D eigenvalue weighted by atomic mass is 32.2. The summed E-state index contributed by atoms with van der Waals surface area (Å²) >= 11 is 0. The second-order valence-corrected chi connectivity index (χ2v) is 8.37. The van der Waals surface area contributed by atoms with Crippen molar-refractivity contribution < 1.29 is 22.4 Å². The lowest BCUT2D eigenvalue weighted by Gasteiger charge is -2.51. The van der Waals surface area contributed by atoms with Crippen LogP contribution in [0.5, 0.6) is 0 Å². The third kappa shape index (κ3) is 2.71. The number of hydrogen-bond acceptors (Lipinski definition) is 4. The van der Waals surface area contributed by atoms with Gasteiger partial charge in [-0.2, -0.15) is 0 Å². The Morgan fingerprint density at radius 1 is 1.39 bits per heavy atom. The topological polar surface area (TPSA) is 83.6 Å². The summed E-state index contributed by atoms with van der Waals surface area (Å²) in [4.78, 5) is 26.4. The Morgan fingerprint density at radius 3 is 2.65 bits per heavy atom. The summed E-state index contributed by atoms with van der Waals surface area (Å²) in [5, 5.41) is 2.66. The molecule has 0 saturated heterocycles. The molecule has 1 aliphatic carbocycles. The van der Waals surface area contributed by atoms with Gasteiger partial charge >= 0.3 is 0 Å². The van der Waals surface area contributed by atoms with Gasteiger partial charge in [0.2, 0.25) is 5.91 Å². The number of sulfone groups is 1. The van der Waals surface area contributed by atoms with Crippen molar-refractivity contribution in [3.63, 3.8) is 0 Å². The number of carbonyl (C=O) groups is 2. The number of carbonyl (C=O) groups excluding carboxylic acids is 2. The molecule has 0 radical (unpaired) electrons. The molecule has 2 amide bonds. The normalized spacial score (nSPS) is 19.0. The fourth-order valence-corrected chi connectivity index (χ4v) is 3.64. The van der Waals surface area contributed by atoms with E-state index >= 15 is 0 Å². The van der Waals surface area contributed by atoms with Crippen LogP contribution in [-0.4, -0.2) is 37.8 Å². The van der Waals surface area contributed by atoms with Gasteiger partial charge in [-0.1, -0.05) is 0 Å². The van der Waals surface area contributed by atoms with E-state index in [4.69, 9.17) is 0 Å². The van der Waals surface area contributed by atoms with Crippen LogP contribution in [0, 0.1) is 5.82 Å². The Balaban J connectivity index is 2.00. The fraction of sp³-hybridized carbons (Fsp3) is 0.467. The second-order valence-electron chi connectivity index (χ2n) is 6.11. The Hall–Kier alpha value is -1.96. The third-order valence-corrected chi connectivity index (χ3v) is 5.36. The summed E-state index contributed by atoms with van der Waals surface area (Å²) in [7, 11) is -3.29. The Bertz CT molecular complexity index is 787. The molecule has 0 bridgehead atoms. The maximum Gasteiger partial charge on any atom is 0.250 e. The van der Waals surface area contributed by atoms with Gasteiger partial charge in [0.1, 0.15) is 21.2 Å². The van der Waals surface area contributed by atoms with Crippen LogP contribution in [0.2, 0.25) is 0 Å². The number of rotatable bonds is 3. The van der Waals surface area contributed by atoms with E-state index in [-0.39, 0.29) is 23.8 Å². The zero-order valence-electron chi connectivity index (χ0n) is 12.6. The van der Waals surface area contributed by atoms with Gasteiger partial charge in [-0.25, -0.2) is 12.8 Å². The molecule has 1 aromatic rings. The molecule has 1 heterocycles. The number of fused-ring (bicyclic) bond motifs is 1. The minimum absolute atomic E-state index is 0.204. The molecule has 3 rings (SSSR count). The number of benzene rings is 1. The number of nitrogens with one attached hydrogen (secondary N) is 1. The van der Waals surface area contributed by atoms with Crippen LogP contribution in [0.4, 0.5) is 15.8 Å². The van der Waals surface area contributed by atoms with Crippen molar-refractivity contribution in [1.82, 2.24) is 0 Å². The molecular formula is C15H17FN2O4S. The zero-order chi connectivity index (χ0) is 16.8. The van der Waals surface area contributed by atoms with Gasteiger partial charge in [-0.15, -0.1) is 0 Å². The summed E-state index contributed by atoms with van der Waals surface area (Å²) in [6.45, 7) is 0. The van der Waals surface area contributed by atoms with E-state index in [0.29, 0.717) is 18.5 Å². The van der Waals surface area contributed by atoms with Crippen molar-refractivity contribution in [1.29, 1.82) is 0 Å². The predicted molar refractivity (Wildman–Crippen MR) is 83.4 cm³/mol. The molecule has 1 fully saturated rings. The first-order valence-corrected chi connectivity index (χ1v) is 9.41. The SMILES string of the molecule is CS(=O)(=O)CCC(=O)N1c2ccc(F)cc2NC(=O)C12CCC2. The Labute approximate surface area is 133 Å². The zero-order valence-corrected chi connectivity index (χ0v) is 13.5. The molecule has 1 N–H and O–H groups in total. The second kappa shape index (κ2) is 5.30.